The standard InChI is InChI=1S/C18H27NO2/c19-15(8-9-16-6-3-4-11-20-16)13-18-17-7-2-1-5-14(17)10-12-21-18/h1-2,5,7,15-16,18H,3-4,6,8-13,19H2. The Kier molecular flexibility index (Phi) is 5.28. The molecule has 0 aromatic heterocycles. The monoisotopic (exact) mass is 289 g/mol. The first kappa shape index (κ1) is 15.0. The van der Waals surface area contributed by atoms with Crippen LogP contribution in [0.25, 0.3) is 0 Å². The van der Waals surface area contributed by atoms with Gasteiger partial charge in [-0.3, -0.25) is 0 Å². The van der Waals surface area contributed by atoms with Crippen molar-refractivity contribution in [2.45, 2.75) is 63.2 Å². The highest BCUT2D eigenvalue weighted by Crippen LogP contribution is 2.31. The SMILES string of the molecule is NC(CCC1CCCCO1)CC1OCCc2ccccc21. The molecule has 2 N–H and O–H groups in total. The van der Waals surface area contributed by atoms with Crippen LogP contribution < -0.4 is 5.73 Å². The number of hydrogen-bond acceptors (Lipinski definition) is 3. The van der Waals surface area contributed by atoms with Crippen molar-refractivity contribution in [1.82, 2.24) is 0 Å². The van der Waals surface area contributed by atoms with E-state index in [1.54, 1.807) is 0 Å². The first-order valence-corrected chi connectivity index (χ1v) is 8.39. The highest BCUT2D eigenvalue weighted by Gasteiger charge is 2.23. The highest BCUT2D eigenvalue weighted by atomic mass is 16.5. The lowest BCUT2D eigenvalue weighted by Gasteiger charge is -2.29. The summed E-state index contributed by atoms with van der Waals surface area (Å²) in [7, 11) is 0. The molecule has 2 heterocycles. The molecule has 1 aromatic rings. The van der Waals surface area contributed by atoms with E-state index in [1.807, 2.05) is 0 Å². The molecule has 0 bridgehead atoms. The lowest BCUT2D eigenvalue weighted by molar-refractivity contribution is 0.00512. The van der Waals surface area contributed by atoms with Crippen molar-refractivity contribution in [3.8, 4) is 0 Å². The number of nitrogens with two attached hydrogens (primary N) is 1. The van der Waals surface area contributed by atoms with Gasteiger partial charge in [-0.25, -0.2) is 0 Å². The zero-order valence-electron chi connectivity index (χ0n) is 12.8. The minimum Gasteiger partial charge on any atom is -0.378 e. The van der Waals surface area contributed by atoms with Crippen LogP contribution in [0.15, 0.2) is 24.3 Å². The molecule has 3 unspecified atom stereocenters. The van der Waals surface area contributed by atoms with Gasteiger partial charge in [-0.15, -0.1) is 0 Å². The van der Waals surface area contributed by atoms with E-state index in [2.05, 4.69) is 24.3 Å². The Morgan fingerprint density at radius 2 is 2.05 bits per heavy atom. The fraction of sp³-hybridized carbons (Fsp3) is 0.667. The van der Waals surface area contributed by atoms with Gasteiger partial charge in [-0.1, -0.05) is 24.3 Å². The van der Waals surface area contributed by atoms with Crippen LogP contribution in [0.5, 0.6) is 0 Å². The van der Waals surface area contributed by atoms with E-state index in [-0.39, 0.29) is 12.1 Å². The van der Waals surface area contributed by atoms with E-state index >= 15 is 0 Å². The van der Waals surface area contributed by atoms with E-state index in [0.29, 0.717) is 6.10 Å². The van der Waals surface area contributed by atoms with Crippen molar-refractivity contribution < 1.29 is 9.47 Å². The number of benzene rings is 1. The average molecular weight is 289 g/mol. The van der Waals surface area contributed by atoms with Crippen LogP contribution in [-0.4, -0.2) is 25.4 Å². The molecule has 21 heavy (non-hydrogen) atoms. The van der Waals surface area contributed by atoms with Gasteiger partial charge in [-0.2, -0.15) is 0 Å². The van der Waals surface area contributed by atoms with Crippen molar-refractivity contribution >= 4 is 0 Å². The van der Waals surface area contributed by atoms with E-state index in [0.717, 1.165) is 38.9 Å². The average Bonchev–Trinajstić information content (AvgIpc) is 2.54. The molecule has 116 valence electrons. The van der Waals surface area contributed by atoms with Crippen LogP contribution in [0.2, 0.25) is 0 Å². The Morgan fingerprint density at radius 1 is 1.14 bits per heavy atom. The molecule has 0 saturated carbocycles. The van der Waals surface area contributed by atoms with Gasteiger partial charge < -0.3 is 15.2 Å². The number of fused-ring (bicyclic) bond motifs is 1. The number of ether oxygens (including phenoxy) is 2. The van der Waals surface area contributed by atoms with Gasteiger partial charge in [0.15, 0.2) is 0 Å². The maximum atomic E-state index is 6.34. The topological polar surface area (TPSA) is 44.5 Å². The van der Waals surface area contributed by atoms with E-state index < -0.39 is 0 Å². The van der Waals surface area contributed by atoms with Crippen molar-refractivity contribution in [2.75, 3.05) is 13.2 Å². The fourth-order valence-corrected chi connectivity index (χ4v) is 3.50. The van der Waals surface area contributed by atoms with Gasteiger partial charge >= 0.3 is 0 Å². The number of rotatable bonds is 5. The molecule has 2 aliphatic heterocycles. The second-order valence-electron chi connectivity index (χ2n) is 6.37. The molecule has 0 aliphatic carbocycles. The largest absolute Gasteiger partial charge is 0.378 e. The summed E-state index contributed by atoms with van der Waals surface area (Å²) in [4.78, 5) is 0. The first-order chi connectivity index (χ1) is 10.3. The summed E-state index contributed by atoms with van der Waals surface area (Å²) in [6.45, 7) is 1.75. The Morgan fingerprint density at radius 3 is 2.90 bits per heavy atom. The Balaban J connectivity index is 1.49. The van der Waals surface area contributed by atoms with E-state index in [1.165, 1.54) is 30.4 Å². The van der Waals surface area contributed by atoms with Crippen LogP contribution in [0.3, 0.4) is 0 Å². The van der Waals surface area contributed by atoms with E-state index in [9.17, 15) is 0 Å². The third-order valence-corrected chi connectivity index (χ3v) is 4.74. The lowest BCUT2D eigenvalue weighted by Crippen LogP contribution is -2.29. The quantitative estimate of drug-likeness (QED) is 0.904. The van der Waals surface area contributed by atoms with Crippen LogP contribution in [-0.2, 0) is 15.9 Å². The molecule has 3 atom stereocenters. The molecule has 3 rings (SSSR count). The Bertz CT molecular complexity index is 443. The smallest absolute Gasteiger partial charge is 0.0842 e. The molecule has 3 heteroatoms. The second-order valence-corrected chi connectivity index (χ2v) is 6.37. The molecule has 1 aromatic carbocycles. The maximum absolute atomic E-state index is 6.34. The lowest BCUT2D eigenvalue weighted by atomic mass is 9.92. The molecular formula is C18H27NO2. The van der Waals surface area contributed by atoms with E-state index in [4.69, 9.17) is 15.2 Å². The highest BCUT2D eigenvalue weighted by molar-refractivity contribution is 5.30. The summed E-state index contributed by atoms with van der Waals surface area (Å²) in [5.74, 6) is 0. The van der Waals surface area contributed by atoms with Crippen molar-refractivity contribution in [1.29, 1.82) is 0 Å². The van der Waals surface area contributed by atoms with Crippen LogP contribution in [0.4, 0.5) is 0 Å². The Hall–Kier alpha value is -0.900. The minimum atomic E-state index is 0.178. The summed E-state index contributed by atoms with van der Waals surface area (Å²) < 4.78 is 11.7. The van der Waals surface area contributed by atoms with Crippen molar-refractivity contribution in [2.24, 2.45) is 5.73 Å². The Labute approximate surface area is 127 Å². The molecule has 1 saturated heterocycles. The molecule has 1 fully saturated rings. The van der Waals surface area contributed by atoms with Gasteiger partial charge in [-0.05, 0) is 56.1 Å². The molecule has 3 nitrogen and oxygen atoms in total. The molecule has 2 aliphatic rings. The zero-order chi connectivity index (χ0) is 14.5. The van der Waals surface area contributed by atoms with Gasteiger partial charge in [0.25, 0.3) is 0 Å². The van der Waals surface area contributed by atoms with Crippen molar-refractivity contribution in [3.05, 3.63) is 35.4 Å². The van der Waals surface area contributed by atoms with Gasteiger partial charge in [0.2, 0.25) is 0 Å². The van der Waals surface area contributed by atoms with Gasteiger partial charge in [0.1, 0.15) is 0 Å². The summed E-state index contributed by atoms with van der Waals surface area (Å²) in [5.41, 5.74) is 9.11. The van der Waals surface area contributed by atoms with Crippen LogP contribution >= 0.6 is 0 Å². The fourth-order valence-electron chi connectivity index (χ4n) is 3.50. The predicted octanol–water partition coefficient (Wildman–Crippen LogP) is 3.37. The molecule has 0 radical (unpaired) electrons. The molecule has 0 amide bonds. The predicted molar refractivity (Wildman–Crippen MR) is 84.3 cm³/mol. The molecule has 0 spiro atoms. The van der Waals surface area contributed by atoms with Crippen LogP contribution in [0.1, 0.15) is 55.8 Å². The third kappa shape index (κ3) is 4.06. The summed E-state index contributed by atoms with van der Waals surface area (Å²) >= 11 is 0. The normalized spacial score (nSPS) is 27.1. The number of hydrogen-bond donors (Lipinski definition) is 1. The van der Waals surface area contributed by atoms with Gasteiger partial charge in [0.05, 0.1) is 18.8 Å². The summed E-state index contributed by atoms with van der Waals surface area (Å²) in [5, 5.41) is 0. The third-order valence-electron chi connectivity index (χ3n) is 4.74. The second kappa shape index (κ2) is 7.39. The summed E-state index contributed by atoms with van der Waals surface area (Å²) in [6, 6.07) is 8.82. The van der Waals surface area contributed by atoms with Crippen LogP contribution in [0, 0.1) is 0 Å². The van der Waals surface area contributed by atoms with Gasteiger partial charge in [0, 0.05) is 12.6 Å². The maximum Gasteiger partial charge on any atom is 0.0842 e. The first-order valence-electron chi connectivity index (χ1n) is 8.39. The zero-order valence-corrected chi connectivity index (χ0v) is 12.8. The van der Waals surface area contributed by atoms with Crippen molar-refractivity contribution in [3.63, 3.8) is 0 Å². The minimum absolute atomic E-state index is 0.178. The molecular weight excluding hydrogens is 262 g/mol. The summed E-state index contributed by atoms with van der Waals surface area (Å²) in [6.07, 6.45) is 8.41.